The van der Waals surface area contributed by atoms with Crippen LogP contribution in [0.25, 0.3) is 0 Å². The first-order valence-corrected chi connectivity index (χ1v) is 6.44. The third kappa shape index (κ3) is 2.92. The number of nitrogens with one attached hydrogen (secondary N) is 1. The molecule has 1 fully saturated rings. The molecule has 0 radical (unpaired) electrons. The Morgan fingerprint density at radius 2 is 2.31 bits per heavy atom. The third-order valence-corrected chi connectivity index (χ3v) is 3.13. The van der Waals surface area contributed by atoms with Crippen molar-refractivity contribution in [1.29, 1.82) is 0 Å². The highest BCUT2D eigenvalue weighted by Crippen LogP contribution is 2.38. The molecule has 0 bridgehead atoms. The fourth-order valence-electron chi connectivity index (χ4n) is 1.52. The summed E-state index contributed by atoms with van der Waals surface area (Å²) in [6.07, 6.45) is 3.25. The maximum Gasteiger partial charge on any atom is 0.135 e. The van der Waals surface area contributed by atoms with Crippen molar-refractivity contribution >= 4 is 21.7 Å². The van der Waals surface area contributed by atoms with E-state index in [1.807, 2.05) is 13.0 Å². The van der Waals surface area contributed by atoms with E-state index in [1.54, 1.807) is 0 Å². The predicted molar refractivity (Wildman–Crippen MR) is 66.5 cm³/mol. The number of nitrogens with zero attached hydrogens (tertiary/aromatic N) is 2. The second-order valence-corrected chi connectivity index (χ2v) is 4.95. The van der Waals surface area contributed by atoms with Gasteiger partial charge in [-0.1, -0.05) is 6.92 Å². The average Bonchev–Trinajstić information content (AvgIpc) is 3.08. The Labute approximate surface area is 104 Å². The van der Waals surface area contributed by atoms with Gasteiger partial charge in [0.15, 0.2) is 0 Å². The topological polar surface area (TPSA) is 58.0 Å². The van der Waals surface area contributed by atoms with Gasteiger partial charge in [0.1, 0.15) is 16.2 Å². The summed E-state index contributed by atoms with van der Waals surface area (Å²) in [4.78, 5) is 8.83. The maximum atomic E-state index is 9.13. The van der Waals surface area contributed by atoms with Gasteiger partial charge in [-0.2, -0.15) is 0 Å². The molecule has 0 spiro atoms. The summed E-state index contributed by atoms with van der Waals surface area (Å²) >= 11 is 3.39. The lowest BCUT2D eigenvalue weighted by atomic mass is 10.2. The van der Waals surface area contributed by atoms with Crippen LogP contribution in [0, 0.1) is 0 Å². The normalized spacial score (nSPS) is 17.2. The fourth-order valence-corrected chi connectivity index (χ4v) is 1.92. The molecule has 1 aliphatic carbocycles. The molecule has 1 unspecified atom stereocenters. The fraction of sp³-hybridized carbons (Fsp3) is 0.636. The summed E-state index contributed by atoms with van der Waals surface area (Å²) in [5.41, 5.74) is 0. The van der Waals surface area contributed by atoms with Crippen molar-refractivity contribution < 1.29 is 5.11 Å². The molecule has 0 aliphatic heterocycles. The van der Waals surface area contributed by atoms with Gasteiger partial charge in [0, 0.05) is 12.0 Å². The molecule has 5 heteroatoms. The van der Waals surface area contributed by atoms with E-state index in [4.69, 9.17) is 5.11 Å². The number of anilines is 1. The summed E-state index contributed by atoms with van der Waals surface area (Å²) in [7, 11) is 0. The quantitative estimate of drug-likeness (QED) is 0.815. The zero-order valence-corrected chi connectivity index (χ0v) is 10.9. The van der Waals surface area contributed by atoms with Gasteiger partial charge in [0.05, 0.1) is 12.6 Å². The van der Waals surface area contributed by atoms with Crippen LogP contribution in [0.5, 0.6) is 0 Å². The number of hydrogen-bond acceptors (Lipinski definition) is 4. The first kappa shape index (κ1) is 11.8. The smallest absolute Gasteiger partial charge is 0.135 e. The monoisotopic (exact) mass is 285 g/mol. The van der Waals surface area contributed by atoms with E-state index in [0.29, 0.717) is 5.92 Å². The summed E-state index contributed by atoms with van der Waals surface area (Å²) < 4.78 is 0.805. The molecule has 1 aromatic heterocycles. The Morgan fingerprint density at radius 3 is 2.88 bits per heavy atom. The van der Waals surface area contributed by atoms with Crippen LogP contribution in [0.2, 0.25) is 0 Å². The van der Waals surface area contributed by atoms with Crippen LogP contribution in [0.1, 0.15) is 37.9 Å². The van der Waals surface area contributed by atoms with Crippen LogP contribution in [-0.4, -0.2) is 27.7 Å². The molecule has 4 nitrogen and oxygen atoms in total. The van der Waals surface area contributed by atoms with Crippen molar-refractivity contribution in [3.05, 3.63) is 16.5 Å². The number of rotatable bonds is 5. The Morgan fingerprint density at radius 1 is 1.56 bits per heavy atom. The second-order valence-electron chi connectivity index (χ2n) is 4.14. The van der Waals surface area contributed by atoms with Crippen LogP contribution < -0.4 is 5.32 Å². The van der Waals surface area contributed by atoms with Gasteiger partial charge >= 0.3 is 0 Å². The lowest BCUT2D eigenvalue weighted by Crippen LogP contribution is -2.23. The zero-order chi connectivity index (χ0) is 11.5. The highest BCUT2D eigenvalue weighted by Gasteiger charge is 2.27. The summed E-state index contributed by atoms with van der Waals surface area (Å²) in [6, 6.07) is 1.92. The molecule has 1 saturated carbocycles. The van der Waals surface area contributed by atoms with Crippen molar-refractivity contribution in [2.24, 2.45) is 0 Å². The number of aliphatic hydroxyl groups is 1. The molecule has 1 heterocycles. The summed E-state index contributed by atoms with van der Waals surface area (Å²) in [6.45, 7) is 2.16. The van der Waals surface area contributed by atoms with Crippen LogP contribution in [-0.2, 0) is 0 Å². The van der Waals surface area contributed by atoms with Crippen molar-refractivity contribution in [3.8, 4) is 0 Å². The minimum Gasteiger partial charge on any atom is -0.394 e. The molecule has 16 heavy (non-hydrogen) atoms. The molecule has 1 aliphatic rings. The van der Waals surface area contributed by atoms with Gasteiger partial charge < -0.3 is 10.4 Å². The first-order chi connectivity index (χ1) is 7.72. The van der Waals surface area contributed by atoms with E-state index in [0.717, 1.165) is 22.7 Å². The van der Waals surface area contributed by atoms with Gasteiger partial charge in [-0.15, -0.1) is 0 Å². The minimum absolute atomic E-state index is 0.0638. The van der Waals surface area contributed by atoms with Gasteiger partial charge in [0.2, 0.25) is 0 Å². The maximum absolute atomic E-state index is 9.13. The first-order valence-electron chi connectivity index (χ1n) is 5.64. The van der Waals surface area contributed by atoms with Crippen molar-refractivity contribution in [3.63, 3.8) is 0 Å². The average molecular weight is 286 g/mol. The number of aromatic nitrogens is 2. The predicted octanol–water partition coefficient (Wildman–Crippen LogP) is 2.30. The van der Waals surface area contributed by atoms with E-state index >= 15 is 0 Å². The SMILES string of the molecule is CCC(CO)Nc1cc(Br)nc(C2CC2)n1. The summed E-state index contributed by atoms with van der Waals surface area (Å²) in [5.74, 6) is 2.24. The number of aliphatic hydroxyl groups excluding tert-OH is 1. The molecule has 0 amide bonds. The Hall–Kier alpha value is -0.680. The lowest BCUT2D eigenvalue weighted by Gasteiger charge is -2.15. The van der Waals surface area contributed by atoms with Crippen LogP contribution in [0.3, 0.4) is 0 Å². The van der Waals surface area contributed by atoms with Crippen molar-refractivity contribution in [1.82, 2.24) is 9.97 Å². The number of hydrogen-bond donors (Lipinski definition) is 2. The molecular formula is C11H16BrN3O. The van der Waals surface area contributed by atoms with Crippen LogP contribution in [0.15, 0.2) is 10.7 Å². The standard InChI is InChI=1S/C11H16BrN3O/c1-2-8(6-16)13-10-5-9(12)14-11(15-10)7-3-4-7/h5,7-8,16H,2-4,6H2,1H3,(H,13,14,15). The molecule has 0 saturated heterocycles. The number of halogens is 1. The van der Waals surface area contributed by atoms with Crippen LogP contribution in [0.4, 0.5) is 5.82 Å². The Balaban J connectivity index is 2.13. The van der Waals surface area contributed by atoms with Crippen molar-refractivity contribution in [2.45, 2.75) is 38.1 Å². The molecule has 0 aromatic carbocycles. The third-order valence-electron chi connectivity index (χ3n) is 2.72. The van der Waals surface area contributed by atoms with E-state index in [2.05, 4.69) is 31.2 Å². The second kappa shape index (κ2) is 5.10. The van der Waals surface area contributed by atoms with E-state index in [9.17, 15) is 0 Å². The molecular weight excluding hydrogens is 270 g/mol. The lowest BCUT2D eigenvalue weighted by molar-refractivity contribution is 0.271. The Bertz CT molecular complexity index is 364. The van der Waals surface area contributed by atoms with Gasteiger partial charge in [0.25, 0.3) is 0 Å². The van der Waals surface area contributed by atoms with Gasteiger partial charge in [-0.25, -0.2) is 9.97 Å². The van der Waals surface area contributed by atoms with Crippen LogP contribution >= 0.6 is 15.9 Å². The highest BCUT2D eigenvalue weighted by molar-refractivity contribution is 9.10. The van der Waals surface area contributed by atoms with Crippen molar-refractivity contribution in [2.75, 3.05) is 11.9 Å². The van der Waals surface area contributed by atoms with E-state index in [-0.39, 0.29) is 12.6 Å². The molecule has 1 atom stereocenters. The van der Waals surface area contributed by atoms with Gasteiger partial charge in [-0.05, 0) is 35.2 Å². The Kier molecular flexibility index (Phi) is 3.76. The zero-order valence-electron chi connectivity index (χ0n) is 9.28. The summed E-state index contributed by atoms with van der Waals surface area (Å²) in [5, 5.41) is 12.3. The molecule has 1 aromatic rings. The highest BCUT2D eigenvalue weighted by atomic mass is 79.9. The largest absolute Gasteiger partial charge is 0.394 e. The molecule has 2 N–H and O–H groups in total. The molecule has 2 rings (SSSR count). The molecule has 88 valence electrons. The van der Waals surface area contributed by atoms with E-state index < -0.39 is 0 Å². The van der Waals surface area contributed by atoms with Gasteiger partial charge in [-0.3, -0.25) is 0 Å². The minimum atomic E-state index is 0.0638. The van der Waals surface area contributed by atoms with E-state index in [1.165, 1.54) is 12.8 Å².